The lowest BCUT2D eigenvalue weighted by Crippen LogP contribution is -1.94. The van der Waals surface area contributed by atoms with Gasteiger partial charge in [0.2, 0.25) is 0 Å². The summed E-state index contributed by atoms with van der Waals surface area (Å²) < 4.78 is 0. The topological polar surface area (TPSA) is 41.6 Å². The molecular formula is C10H17N3. The van der Waals surface area contributed by atoms with Crippen LogP contribution in [0.4, 0.5) is 0 Å². The monoisotopic (exact) mass is 179 g/mol. The van der Waals surface area contributed by atoms with Gasteiger partial charge in [-0.3, -0.25) is 5.10 Å². The molecule has 3 nitrogen and oxygen atoms in total. The van der Waals surface area contributed by atoms with Gasteiger partial charge in [0.15, 0.2) is 0 Å². The molecule has 13 heavy (non-hydrogen) atoms. The number of aromatic amines is 1. The number of aryl methyl sites for hydroxylation is 1. The van der Waals surface area contributed by atoms with Gasteiger partial charge in [0.05, 0.1) is 5.69 Å². The van der Waals surface area contributed by atoms with Gasteiger partial charge in [-0.05, 0) is 25.2 Å². The summed E-state index contributed by atoms with van der Waals surface area (Å²) in [5.41, 5.74) is 1.06. The Kier molecular flexibility index (Phi) is 4.23. The van der Waals surface area contributed by atoms with Crippen molar-refractivity contribution in [3.05, 3.63) is 24.5 Å². The molecule has 1 unspecified atom stereocenters. The van der Waals surface area contributed by atoms with E-state index in [2.05, 4.69) is 28.9 Å². The van der Waals surface area contributed by atoms with Crippen molar-refractivity contribution in [2.45, 2.75) is 32.6 Å². The molecule has 0 aliphatic rings. The van der Waals surface area contributed by atoms with E-state index in [-0.39, 0.29) is 0 Å². The number of H-pyrrole nitrogens is 1. The Hall–Kier alpha value is -1.12. The summed E-state index contributed by atoms with van der Waals surface area (Å²) in [5, 5.41) is 10.3. The lowest BCUT2D eigenvalue weighted by Gasteiger charge is -2.06. The van der Waals surface area contributed by atoms with Gasteiger partial charge in [-0.2, -0.15) is 0 Å². The summed E-state index contributed by atoms with van der Waals surface area (Å²) in [5.74, 6) is 0.740. The van der Waals surface area contributed by atoms with Crippen molar-refractivity contribution >= 4 is 0 Å². The van der Waals surface area contributed by atoms with Crippen LogP contribution in [0.2, 0.25) is 0 Å². The predicted molar refractivity (Wildman–Crippen MR) is 53.3 cm³/mol. The van der Waals surface area contributed by atoms with Gasteiger partial charge < -0.3 is 0 Å². The number of hydrogen-bond donors (Lipinski definition) is 1. The van der Waals surface area contributed by atoms with E-state index < -0.39 is 0 Å². The van der Waals surface area contributed by atoms with Crippen molar-refractivity contribution in [2.75, 3.05) is 0 Å². The molecule has 1 aromatic heterocycles. The zero-order chi connectivity index (χ0) is 9.52. The van der Waals surface area contributed by atoms with Crippen LogP contribution in [0.1, 0.15) is 31.9 Å². The van der Waals surface area contributed by atoms with E-state index in [1.165, 1.54) is 12.8 Å². The van der Waals surface area contributed by atoms with E-state index >= 15 is 0 Å². The summed E-state index contributed by atoms with van der Waals surface area (Å²) in [6.07, 6.45) is 8.40. The van der Waals surface area contributed by atoms with Crippen LogP contribution in [0.5, 0.6) is 0 Å². The molecular weight excluding hydrogens is 162 g/mol. The number of nitrogens with zero attached hydrogens (tertiary/aromatic N) is 2. The maximum Gasteiger partial charge on any atom is 0.0824 e. The number of rotatable bonds is 6. The zero-order valence-corrected chi connectivity index (χ0v) is 8.16. The molecule has 72 valence electrons. The van der Waals surface area contributed by atoms with Crippen molar-refractivity contribution < 1.29 is 0 Å². The highest BCUT2D eigenvalue weighted by atomic mass is 15.3. The molecule has 1 atom stereocenters. The summed E-state index contributed by atoms with van der Waals surface area (Å²) in [6, 6.07) is 0. The Balaban J connectivity index is 2.10. The summed E-state index contributed by atoms with van der Waals surface area (Å²) in [4.78, 5) is 0. The van der Waals surface area contributed by atoms with Crippen molar-refractivity contribution in [2.24, 2.45) is 5.92 Å². The van der Waals surface area contributed by atoms with Gasteiger partial charge in [0.25, 0.3) is 0 Å². The van der Waals surface area contributed by atoms with E-state index in [1.54, 1.807) is 0 Å². The number of aromatic nitrogens is 3. The minimum absolute atomic E-state index is 0.740. The van der Waals surface area contributed by atoms with Crippen molar-refractivity contribution in [3.8, 4) is 0 Å². The zero-order valence-electron chi connectivity index (χ0n) is 8.16. The minimum atomic E-state index is 0.740. The van der Waals surface area contributed by atoms with Crippen LogP contribution in [-0.2, 0) is 6.42 Å². The Labute approximate surface area is 79.2 Å². The molecule has 0 aliphatic heterocycles. The molecule has 0 saturated heterocycles. The molecule has 0 amide bonds. The molecule has 0 aliphatic carbocycles. The first-order valence-corrected chi connectivity index (χ1v) is 4.79. The summed E-state index contributed by atoms with van der Waals surface area (Å²) in [7, 11) is 0. The lowest BCUT2D eigenvalue weighted by atomic mass is 10.0. The molecule has 1 N–H and O–H groups in total. The van der Waals surface area contributed by atoms with E-state index in [0.717, 1.165) is 24.5 Å². The van der Waals surface area contributed by atoms with Crippen LogP contribution in [0.25, 0.3) is 0 Å². The first-order chi connectivity index (χ1) is 6.33. The average Bonchev–Trinajstić information content (AvgIpc) is 2.57. The van der Waals surface area contributed by atoms with E-state index in [1.807, 2.05) is 12.3 Å². The minimum Gasteiger partial charge on any atom is -0.265 e. The normalized spacial score (nSPS) is 12.7. The predicted octanol–water partition coefficient (Wildman–Crippen LogP) is 2.34. The molecule has 3 heteroatoms. The highest BCUT2D eigenvalue weighted by Crippen LogP contribution is 2.12. The Morgan fingerprint density at radius 1 is 1.69 bits per heavy atom. The SMILES string of the molecule is C=CCC(C)CCCc1c[nH]nn1. The number of allylic oxidation sites excluding steroid dienone is 1. The van der Waals surface area contributed by atoms with Crippen LogP contribution in [0.15, 0.2) is 18.9 Å². The second-order valence-electron chi connectivity index (χ2n) is 3.49. The first kappa shape index (κ1) is 9.96. The number of nitrogens with one attached hydrogen (secondary N) is 1. The molecule has 0 bridgehead atoms. The number of hydrogen-bond acceptors (Lipinski definition) is 2. The van der Waals surface area contributed by atoms with Gasteiger partial charge in [-0.15, -0.1) is 11.7 Å². The highest BCUT2D eigenvalue weighted by Gasteiger charge is 2.00. The molecule has 0 saturated carbocycles. The smallest absolute Gasteiger partial charge is 0.0824 e. The molecule has 1 heterocycles. The van der Waals surface area contributed by atoms with Crippen molar-refractivity contribution in [1.29, 1.82) is 0 Å². The van der Waals surface area contributed by atoms with E-state index in [9.17, 15) is 0 Å². The third-order valence-corrected chi connectivity index (χ3v) is 2.17. The Morgan fingerprint density at radius 3 is 3.15 bits per heavy atom. The molecule has 0 radical (unpaired) electrons. The molecule has 0 aromatic carbocycles. The van der Waals surface area contributed by atoms with Crippen LogP contribution < -0.4 is 0 Å². The Morgan fingerprint density at radius 2 is 2.54 bits per heavy atom. The van der Waals surface area contributed by atoms with Crippen LogP contribution in [-0.4, -0.2) is 15.4 Å². The summed E-state index contributed by atoms with van der Waals surface area (Å²) in [6.45, 7) is 5.99. The lowest BCUT2D eigenvalue weighted by molar-refractivity contribution is 0.515. The Bertz CT molecular complexity index is 228. The third kappa shape index (κ3) is 3.87. The van der Waals surface area contributed by atoms with Crippen molar-refractivity contribution in [1.82, 2.24) is 15.4 Å². The molecule has 1 rings (SSSR count). The van der Waals surface area contributed by atoms with Gasteiger partial charge in [-0.25, -0.2) is 0 Å². The van der Waals surface area contributed by atoms with E-state index in [4.69, 9.17) is 0 Å². The average molecular weight is 179 g/mol. The maximum absolute atomic E-state index is 3.93. The standard InChI is InChI=1S/C10H17N3/c1-3-5-9(2)6-4-7-10-8-11-13-12-10/h3,8-9H,1,4-7H2,2H3,(H,11,12,13). The third-order valence-electron chi connectivity index (χ3n) is 2.17. The highest BCUT2D eigenvalue weighted by molar-refractivity contribution is 4.90. The molecule has 1 aromatic rings. The fourth-order valence-corrected chi connectivity index (χ4v) is 1.38. The fourth-order valence-electron chi connectivity index (χ4n) is 1.38. The van der Waals surface area contributed by atoms with Gasteiger partial charge in [-0.1, -0.05) is 24.6 Å². The van der Waals surface area contributed by atoms with Gasteiger partial charge in [0.1, 0.15) is 0 Å². The van der Waals surface area contributed by atoms with Gasteiger partial charge >= 0.3 is 0 Å². The molecule has 0 fully saturated rings. The van der Waals surface area contributed by atoms with E-state index in [0.29, 0.717) is 0 Å². The van der Waals surface area contributed by atoms with Gasteiger partial charge in [0, 0.05) is 6.20 Å². The van der Waals surface area contributed by atoms with Crippen LogP contribution in [0.3, 0.4) is 0 Å². The second-order valence-corrected chi connectivity index (χ2v) is 3.49. The second kappa shape index (κ2) is 5.51. The first-order valence-electron chi connectivity index (χ1n) is 4.79. The molecule has 0 spiro atoms. The maximum atomic E-state index is 3.93. The quantitative estimate of drug-likeness (QED) is 0.681. The largest absolute Gasteiger partial charge is 0.265 e. The fraction of sp³-hybridized carbons (Fsp3) is 0.600. The van der Waals surface area contributed by atoms with Crippen molar-refractivity contribution in [3.63, 3.8) is 0 Å². The van der Waals surface area contributed by atoms with Crippen LogP contribution >= 0.6 is 0 Å². The van der Waals surface area contributed by atoms with Crippen LogP contribution in [0, 0.1) is 5.92 Å². The summed E-state index contributed by atoms with van der Waals surface area (Å²) >= 11 is 0.